The summed E-state index contributed by atoms with van der Waals surface area (Å²) in [5.74, 6) is -0.167. The number of hydrogen-bond donors (Lipinski definition) is 1. The van der Waals surface area contributed by atoms with Gasteiger partial charge in [-0.15, -0.1) is 0 Å². The molecule has 1 fully saturated rings. The second-order valence-electron chi connectivity index (χ2n) is 5.42. The number of hydrogen-bond acceptors (Lipinski definition) is 4. The van der Waals surface area contributed by atoms with Gasteiger partial charge in [-0.1, -0.05) is 6.07 Å². The summed E-state index contributed by atoms with van der Waals surface area (Å²) in [5, 5.41) is 9.18. The van der Waals surface area contributed by atoms with Gasteiger partial charge in [0.05, 0.1) is 13.2 Å². The maximum Gasteiger partial charge on any atom is 0.129 e. The van der Waals surface area contributed by atoms with Gasteiger partial charge in [-0.25, -0.2) is 4.39 Å². The zero-order valence-corrected chi connectivity index (χ0v) is 12.7. The van der Waals surface area contributed by atoms with Crippen molar-refractivity contribution in [3.05, 3.63) is 29.6 Å². The van der Waals surface area contributed by atoms with Crippen LogP contribution in [0.4, 0.5) is 10.1 Å². The number of ether oxygens (including phenoxy) is 1. The minimum absolute atomic E-state index is 0.0667. The molecule has 5 heteroatoms. The van der Waals surface area contributed by atoms with Gasteiger partial charge in [0, 0.05) is 51.1 Å². The van der Waals surface area contributed by atoms with Crippen molar-refractivity contribution in [2.75, 3.05) is 51.4 Å². The van der Waals surface area contributed by atoms with Crippen LogP contribution in [0.25, 0.3) is 0 Å². The monoisotopic (exact) mass is 296 g/mol. The van der Waals surface area contributed by atoms with Gasteiger partial charge in [0.25, 0.3) is 0 Å². The van der Waals surface area contributed by atoms with Crippen LogP contribution in [0.5, 0.6) is 0 Å². The lowest BCUT2D eigenvalue weighted by Crippen LogP contribution is -2.31. The molecule has 0 atom stereocenters. The predicted molar refractivity (Wildman–Crippen MR) is 82.1 cm³/mol. The maximum absolute atomic E-state index is 14.3. The van der Waals surface area contributed by atoms with E-state index < -0.39 is 0 Å². The van der Waals surface area contributed by atoms with Crippen LogP contribution in [0.2, 0.25) is 0 Å². The molecule has 0 saturated carbocycles. The SMILES string of the molecule is COCCN(CCO)Cc1c(F)cccc1N1CCCC1. The van der Waals surface area contributed by atoms with Gasteiger partial charge in [-0.2, -0.15) is 0 Å². The van der Waals surface area contributed by atoms with Crippen LogP contribution in [0, 0.1) is 5.82 Å². The molecule has 2 rings (SSSR count). The predicted octanol–water partition coefficient (Wildman–Crippen LogP) is 1.87. The Hall–Kier alpha value is -1.17. The van der Waals surface area contributed by atoms with Crippen LogP contribution >= 0.6 is 0 Å². The highest BCUT2D eigenvalue weighted by Crippen LogP contribution is 2.27. The smallest absolute Gasteiger partial charge is 0.129 e. The first-order chi connectivity index (χ1) is 10.3. The van der Waals surface area contributed by atoms with Crippen molar-refractivity contribution in [3.8, 4) is 0 Å². The van der Waals surface area contributed by atoms with E-state index in [0.29, 0.717) is 26.2 Å². The van der Waals surface area contributed by atoms with Crippen LogP contribution in [0.3, 0.4) is 0 Å². The van der Waals surface area contributed by atoms with Gasteiger partial charge in [0.2, 0.25) is 0 Å². The Bertz CT molecular complexity index is 436. The van der Waals surface area contributed by atoms with Crippen LogP contribution in [-0.4, -0.2) is 56.5 Å². The van der Waals surface area contributed by atoms with Crippen molar-refractivity contribution in [3.63, 3.8) is 0 Å². The lowest BCUT2D eigenvalue weighted by atomic mass is 10.1. The molecule has 1 aliphatic rings. The van der Waals surface area contributed by atoms with Gasteiger partial charge >= 0.3 is 0 Å². The van der Waals surface area contributed by atoms with E-state index in [1.807, 2.05) is 11.0 Å². The molecule has 21 heavy (non-hydrogen) atoms. The Morgan fingerprint density at radius 3 is 2.71 bits per heavy atom. The summed E-state index contributed by atoms with van der Waals surface area (Å²) in [6, 6.07) is 5.29. The fourth-order valence-electron chi connectivity index (χ4n) is 2.81. The summed E-state index contributed by atoms with van der Waals surface area (Å²) in [4.78, 5) is 4.29. The summed E-state index contributed by atoms with van der Waals surface area (Å²) < 4.78 is 19.4. The first kappa shape index (κ1) is 16.2. The molecule has 1 heterocycles. The topological polar surface area (TPSA) is 35.9 Å². The second kappa shape index (κ2) is 8.32. The van der Waals surface area contributed by atoms with Crippen molar-refractivity contribution in [2.45, 2.75) is 19.4 Å². The zero-order chi connectivity index (χ0) is 15.1. The summed E-state index contributed by atoms with van der Waals surface area (Å²) in [5.41, 5.74) is 1.72. The number of benzene rings is 1. The summed E-state index contributed by atoms with van der Waals surface area (Å²) in [6.45, 7) is 4.35. The zero-order valence-electron chi connectivity index (χ0n) is 12.7. The Morgan fingerprint density at radius 1 is 1.29 bits per heavy atom. The molecule has 0 unspecified atom stereocenters. The molecule has 1 saturated heterocycles. The third kappa shape index (κ3) is 4.40. The van der Waals surface area contributed by atoms with Crippen molar-refractivity contribution < 1.29 is 14.2 Å². The van der Waals surface area contributed by atoms with Crippen LogP contribution in [0.15, 0.2) is 18.2 Å². The number of methoxy groups -OCH3 is 1. The number of rotatable bonds is 8. The van der Waals surface area contributed by atoms with E-state index in [-0.39, 0.29) is 12.4 Å². The van der Waals surface area contributed by atoms with Gasteiger partial charge in [-0.05, 0) is 25.0 Å². The highest BCUT2D eigenvalue weighted by atomic mass is 19.1. The van der Waals surface area contributed by atoms with Crippen molar-refractivity contribution in [1.82, 2.24) is 4.90 Å². The lowest BCUT2D eigenvalue weighted by Gasteiger charge is -2.26. The molecular weight excluding hydrogens is 271 g/mol. The number of nitrogens with zero attached hydrogens (tertiary/aromatic N) is 2. The summed E-state index contributed by atoms with van der Waals surface area (Å²) in [7, 11) is 1.65. The molecule has 4 nitrogen and oxygen atoms in total. The molecule has 1 N–H and O–H groups in total. The molecule has 0 bridgehead atoms. The molecule has 1 aromatic carbocycles. The van der Waals surface area contributed by atoms with Gasteiger partial charge < -0.3 is 14.7 Å². The maximum atomic E-state index is 14.3. The van der Waals surface area contributed by atoms with Gasteiger partial charge in [0.1, 0.15) is 5.82 Å². The normalized spacial score (nSPS) is 15.1. The second-order valence-corrected chi connectivity index (χ2v) is 5.42. The molecule has 0 amide bonds. The third-order valence-electron chi connectivity index (χ3n) is 3.95. The molecule has 0 aliphatic carbocycles. The van der Waals surface area contributed by atoms with Crippen molar-refractivity contribution in [2.24, 2.45) is 0 Å². The number of halogens is 1. The molecule has 1 aliphatic heterocycles. The largest absolute Gasteiger partial charge is 0.395 e. The summed E-state index contributed by atoms with van der Waals surface area (Å²) >= 11 is 0. The van der Waals surface area contributed by atoms with Crippen LogP contribution in [-0.2, 0) is 11.3 Å². The third-order valence-corrected chi connectivity index (χ3v) is 3.95. The van der Waals surface area contributed by atoms with Crippen molar-refractivity contribution in [1.29, 1.82) is 0 Å². The number of aliphatic hydroxyl groups excluding tert-OH is 1. The highest BCUT2D eigenvalue weighted by molar-refractivity contribution is 5.54. The summed E-state index contributed by atoms with van der Waals surface area (Å²) in [6.07, 6.45) is 2.33. The quantitative estimate of drug-likeness (QED) is 0.794. The Balaban J connectivity index is 2.15. The van der Waals surface area contributed by atoms with E-state index in [9.17, 15) is 9.50 Å². The molecule has 1 aromatic rings. The first-order valence-corrected chi connectivity index (χ1v) is 7.60. The Morgan fingerprint density at radius 2 is 2.05 bits per heavy atom. The fraction of sp³-hybridized carbons (Fsp3) is 0.625. The Kier molecular flexibility index (Phi) is 6.42. The average molecular weight is 296 g/mol. The van der Waals surface area contributed by atoms with Gasteiger partial charge in [0.15, 0.2) is 0 Å². The molecular formula is C16H25FN2O2. The molecule has 0 radical (unpaired) electrons. The fourth-order valence-corrected chi connectivity index (χ4v) is 2.81. The number of anilines is 1. The average Bonchev–Trinajstić information content (AvgIpc) is 3.01. The van der Waals surface area contributed by atoms with E-state index >= 15 is 0 Å². The van der Waals surface area contributed by atoms with Crippen molar-refractivity contribution >= 4 is 5.69 Å². The number of aliphatic hydroxyl groups is 1. The lowest BCUT2D eigenvalue weighted by molar-refractivity contribution is 0.126. The van der Waals surface area contributed by atoms with E-state index in [1.165, 1.54) is 18.9 Å². The first-order valence-electron chi connectivity index (χ1n) is 7.60. The van der Waals surface area contributed by atoms with Crippen LogP contribution < -0.4 is 4.90 Å². The molecule has 0 spiro atoms. The van der Waals surface area contributed by atoms with E-state index in [4.69, 9.17) is 4.74 Å². The standard InChI is InChI=1S/C16H25FN2O2/c1-21-12-10-18(9-11-20)13-14-15(17)5-4-6-16(14)19-7-2-3-8-19/h4-6,20H,2-3,7-13H2,1H3. The highest BCUT2D eigenvalue weighted by Gasteiger charge is 2.19. The van der Waals surface area contributed by atoms with E-state index in [2.05, 4.69) is 4.90 Å². The molecule has 118 valence electrons. The Labute approximate surface area is 126 Å². The van der Waals surface area contributed by atoms with Crippen LogP contribution in [0.1, 0.15) is 18.4 Å². The minimum Gasteiger partial charge on any atom is -0.395 e. The van der Waals surface area contributed by atoms with E-state index in [1.54, 1.807) is 13.2 Å². The minimum atomic E-state index is -0.167. The van der Waals surface area contributed by atoms with Gasteiger partial charge in [-0.3, -0.25) is 4.90 Å². The van der Waals surface area contributed by atoms with E-state index in [0.717, 1.165) is 24.3 Å². The molecule has 0 aromatic heterocycles.